The van der Waals surface area contributed by atoms with Gasteiger partial charge in [-0.15, -0.1) is 0 Å². The average molecular weight is 269 g/mol. The van der Waals surface area contributed by atoms with Crippen LogP contribution in [-0.4, -0.2) is 41.3 Å². The lowest BCUT2D eigenvalue weighted by atomic mass is 9.68. The molecule has 2 fully saturated rings. The van der Waals surface area contributed by atoms with Crippen LogP contribution in [0.5, 0.6) is 0 Å². The third-order valence-corrected chi connectivity index (χ3v) is 4.36. The van der Waals surface area contributed by atoms with E-state index in [1.165, 1.54) is 0 Å². The van der Waals surface area contributed by atoms with Crippen LogP contribution in [0, 0.1) is 5.41 Å². The highest BCUT2D eigenvalue weighted by Gasteiger charge is 2.46. The second kappa shape index (κ2) is 5.22. The lowest BCUT2D eigenvalue weighted by Crippen LogP contribution is -2.54. The Labute approximate surface area is 112 Å². The number of carbonyl (C=O) groups is 2. The van der Waals surface area contributed by atoms with Crippen molar-refractivity contribution in [2.45, 2.75) is 32.1 Å². The molecule has 5 nitrogen and oxygen atoms in total. The monoisotopic (exact) mass is 269 g/mol. The molecular formula is C12H19N3O2S. The minimum absolute atomic E-state index is 0.0155. The lowest BCUT2D eigenvalue weighted by Gasteiger charge is -2.39. The number of rotatable bonds is 4. The number of hydrogen-bond donors (Lipinski definition) is 2. The molecule has 1 saturated carbocycles. The molecule has 0 bridgehead atoms. The molecule has 0 atom stereocenters. The van der Waals surface area contributed by atoms with Crippen LogP contribution < -0.4 is 11.1 Å². The van der Waals surface area contributed by atoms with Gasteiger partial charge in [-0.3, -0.25) is 9.59 Å². The molecule has 0 aromatic rings. The van der Waals surface area contributed by atoms with Gasteiger partial charge in [0.2, 0.25) is 11.8 Å². The lowest BCUT2D eigenvalue weighted by molar-refractivity contribution is -0.135. The normalized spacial score (nSPS) is 21.2. The van der Waals surface area contributed by atoms with Crippen LogP contribution in [-0.2, 0) is 9.59 Å². The predicted molar refractivity (Wildman–Crippen MR) is 71.9 cm³/mol. The number of nitrogens with one attached hydrogen (secondary N) is 1. The number of nitrogens with zero attached hydrogens (tertiary/aromatic N) is 1. The van der Waals surface area contributed by atoms with Crippen molar-refractivity contribution in [3.05, 3.63) is 0 Å². The van der Waals surface area contributed by atoms with Crippen molar-refractivity contribution in [2.75, 3.05) is 19.6 Å². The molecule has 0 unspecified atom stereocenters. The molecule has 1 heterocycles. The summed E-state index contributed by atoms with van der Waals surface area (Å²) < 4.78 is 0. The molecule has 0 aromatic carbocycles. The molecule has 2 amide bonds. The van der Waals surface area contributed by atoms with Crippen LogP contribution in [0.3, 0.4) is 0 Å². The Morgan fingerprint density at radius 1 is 1.22 bits per heavy atom. The summed E-state index contributed by atoms with van der Waals surface area (Å²) in [6.45, 7) is 1.66. The fraction of sp³-hybridized carbons (Fsp3) is 0.750. The number of hydrogen-bond acceptors (Lipinski definition) is 3. The molecular weight excluding hydrogens is 250 g/mol. The Morgan fingerprint density at radius 2 is 1.83 bits per heavy atom. The van der Waals surface area contributed by atoms with Gasteiger partial charge in [-0.2, -0.15) is 0 Å². The van der Waals surface area contributed by atoms with Crippen LogP contribution >= 0.6 is 12.2 Å². The van der Waals surface area contributed by atoms with Crippen molar-refractivity contribution in [1.82, 2.24) is 10.2 Å². The molecule has 18 heavy (non-hydrogen) atoms. The first kappa shape index (κ1) is 13.3. The van der Waals surface area contributed by atoms with Gasteiger partial charge in [-0.25, -0.2) is 0 Å². The summed E-state index contributed by atoms with van der Waals surface area (Å²) in [5.41, 5.74) is 4.94. The molecule has 0 aromatic heterocycles. The molecule has 1 aliphatic heterocycles. The van der Waals surface area contributed by atoms with E-state index in [4.69, 9.17) is 18.0 Å². The fourth-order valence-corrected chi connectivity index (χ4v) is 2.82. The Morgan fingerprint density at radius 3 is 2.28 bits per heavy atom. The largest absolute Gasteiger partial charge is 0.392 e. The second-order valence-corrected chi connectivity index (χ2v) is 5.51. The minimum atomic E-state index is -0.694. The molecule has 2 aliphatic rings. The Kier molecular flexibility index (Phi) is 3.85. The van der Waals surface area contributed by atoms with E-state index in [9.17, 15) is 9.59 Å². The van der Waals surface area contributed by atoms with Gasteiger partial charge in [0.05, 0.1) is 16.9 Å². The smallest absolute Gasteiger partial charge is 0.241 e. The van der Waals surface area contributed by atoms with Crippen LogP contribution in [0.1, 0.15) is 32.1 Å². The van der Waals surface area contributed by atoms with E-state index in [1.54, 1.807) is 4.90 Å². The van der Waals surface area contributed by atoms with Gasteiger partial charge in [0.25, 0.3) is 0 Å². The van der Waals surface area contributed by atoms with Gasteiger partial charge >= 0.3 is 0 Å². The summed E-state index contributed by atoms with van der Waals surface area (Å²) in [6.07, 6.45) is 4.47. The van der Waals surface area contributed by atoms with Gasteiger partial charge in [-0.1, -0.05) is 18.6 Å². The van der Waals surface area contributed by atoms with Crippen molar-refractivity contribution in [3.8, 4) is 0 Å². The van der Waals surface area contributed by atoms with E-state index in [2.05, 4.69) is 5.32 Å². The zero-order valence-electron chi connectivity index (χ0n) is 10.4. The second-order valence-electron chi connectivity index (χ2n) is 5.07. The summed E-state index contributed by atoms with van der Waals surface area (Å²) >= 11 is 4.97. The highest BCUT2D eigenvalue weighted by atomic mass is 32.1. The maximum atomic E-state index is 12.1. The van der Waals surface area contributed by atoms with Gasteiger partial charge in [0.1, 0.15) is 0 Å². The third kappa shape index (κ3) is 2.34. The van der Waals surface area contributed by atoms with Crippen molar-refractivity contribution in [2.24, 2.45) is 11.1 Å². The molecule has 6 heteroatoms. The maximum absolute atomic E-state index is 12.1. The number of nitrogens with two attached hydrogens (primary N) is 1. The standard InChI is InChI=1S/C12H19N3O2S/c13-10(18)12(4-3-5-12)11(17)14-8-9(16)15-6-1-2-7-15/h1-8H2,(H2,13,18)(H,14,17). The van der Waals surface area contributed by atoms with Gasteiger partial charge < -0.3 is 16.0 Å². The number of carbonyl (C=O) groups excluding carboxylic acids is 2. The zero-order chi connectivity index (χ0) is 13.2. The molecule has 0 spiro atoms. The van der Waals surface area contributed by atoms with Crippen molar-refractivity contribution >= 4 is 29.0 Å². The Hall–Kier alpha value is -1.17. The molecule has 3 N–H and O–H groups in total. The summed E-state index contributed by atoms with van der Waals surface area (Å²) in [7, 11) is 0. The molecule has 100 valence electrons. The summed E-state index contributed by atoms with van der Waals surface area (Å²) in [6, 6.07) is 0. The number of amides is 2. The Bertz CT molecular complexity index is 374. The molecule has 2 rings (SSSR count). The zero-order valence-corrected chi connectivity index (χ0v) is 11.2. The predicted octanol–water partition coefficient (Wildman–Crippen LogP) is 0.181. The van der Waals surface area contributed by atoms with Crippen LogP contribution in [0.4, 0.5) is 0 Å². The quantitative estimate of drug-likeness (QED) is 0.714. The highest BCUT2D eigenvalue weighted by Crippen LogP contribution is 2.41. The molecule has 0 radical (unpaired) electrons. The van der Waals surface area contributed by atoms with E-state index in [1.807, 2.05) is 0 Å². The first-order valence-corrected chi connectivity index (χ1v) is 6.83. The average Bonchev–Trinajstić information content (AvgIpc) is 2.76. The van der Waals surface area contributed by atoms with E-state index in [0.29, 0.717) is 12.8 Å². The van der Waals surface area contributed by atoms with Gasteiger partial charge in [0.15, 0.2) is 0 Å². The highest BCUT2D eigenvalue weighted by molar-refractivity contribution is 7.80. The Balaban J connectivity index is 1.84. The topological polar surface area (TPSA) is 75.4 Å². The first-order chi connectivity index (χ1) is 8.56. The van der Waals surface area contributed by atoms with Gasteiger partial charge in [-0.05, 0) is 25.7 Å². The van der Waals surface area contributed by atoms with E-state index < -0.39 is 5.41 Å². The third-order valence-electron chi connectivity index (χ3n) is 3.97. The van der Waals surface area contributed by atoms with Crippen molar-refractivity contribution in [3.63, 3.8) is 0 Å². The van der Waals surface area contributed by atoms with Crippen LogP contribution in [0.15, 0.2) is 0 Å². The molecule has 1 saturated heterocycles. The van der Waals surface area contributed by atoms with Crippen molar-refractivity contribution < 1.29 is 9.59 Å². The maximum Gasteiger partial charge on any atom is 0.241 e. The molecule has 1 aliphatic carbocycles. The number of thiocarbonyl (C=S) groups is 1. The SMILES string of the molecule is NC(=S)C1(C(=O)NCC(=O)N2CCCC2)CCC1. The minimum Gasteiger partial charge on any atom is -0.392 e. The van der Waals surface area contributed by atoms with E-state index >= 15 is 0 Å². The van der Waals surface area contributed by atoms with Crippen molar-refractivity contribution in [1.29, 1.82) is 0 Å². The van der Waals surface area contributed by atoms with Crippen LogP contribution in [0.25, 0.3) is 0 Å². The fourth-order valence-electron chi connectivity index (χ4n) is 2.52. The summed E-state index contributed by atoms with van der Waals surface area (Å²) in [5, 5.41) is 2.69. The van der Waals surface area contributed by atoms with E-state index in [-0.39, 0.29) is 23.3 Å². The van der Waals surface area contributed by atoms with Gasteiger partial charge in [0, 0.05) is 13.1 Å². The van der Waals surface area contributed by atoms with E-state index in [0.717, 1.165) is 32.4 Å². The first-order valence-electron chi connectivity index (χ1n) is 6.42. The summed E-state index contributed by atoms with van der Waals surface area (Å²) in [5.74, 6) is -0.202. The van der Waals surface area contributed by atoms with Crippen LogP contribution in [0.2, 0.25) is 0 Å². The summed E-state index contributed by atoms with van der Waals surface area (Å²) in [4.78, 5) is 25.9. The number of likely N-dealkylation sites (tertiary alicyclic amines) is 1.